The summed E-state index contributed by atoms with van der Waals surface area (Å²) in [4.78, 5) is 10.6. The summed E-state index contributed by atoms with van der Waals surface area (Å²) in [6.07, 6.45) is 0. The van der Waals surface area contributed by atoms with Crippen LogP contribution in [0.2, 0.25) is 0 Å². The highest BCUT2D eigenvalue weighted by atomic mass is 16.4. The summed E-state index contributed by atoms with van der Waals surface area (Å²) in [6, 6.07) is 8.28. The van der Waals surface area contributed by atoms with E-state index in [4.69, 9.17) is 5.11 Å². The topological polar surface area (TPSA) is 49.3 Å². The van der Waals surface area contributed by atoms with Crippen molar-refractivity contribution in [3.8, 4) is 0 Å². The lowest BCUT2D eigenvalue weighted by molar-refractivity contribution is -0.132. The van der Waals surface area contributed by atoms with Crippen molar-refractivity contribution in [1.82, 2.24) is 5.32 Å². The standard InChI is InChI=1S/C13H17NO2/c1-9-4-6-12(7-5-9)11(3)14-8-10(2)13(15)16/h4-7,11,14H,2,8H2,1,3H3,(H,15,16). The average Bonchev–Trinajstić information content (AvgIpc) is 2.26. The summed E-state index contributed by atoms with van der Waals surface area (Å²) >= 11 is 0. The number of rotatable bonds is 5. The molecule has 0 aliphatic heterocycles. The molecule has 3 nitrogen and oxygen atoms in total. The van der Waals surface area contributed by atoms with Crippen LogP contribution < -0.4 is 5.32 Å². The monoisotopic (exact) mass is 219 g/mol. The van der Waals surface area contributed by atoms with Crippen LogP contribution in [0.25, 0.3) is 0 Å². The van der Waals surface area contributed by atoms with E-state index >= 15 is 0 Å². The van der Waals surface area contributed by atoms with Crippen LogP contribution in [0.1, 0.15) is 24.1 Å². The second kappa shape index (κ2) is 5.47. The third-order valence-corrected chi connectivity index (χ3v) is 2.50. The largest absolute Gasteiger partial charge is 0.478 e. The van der Waals surface area contributed by atoms with Gasteiger partial charge in [-0.15, -0.1) is 0 Å². The molecule has 0 aliphatic rings. The maximum absolute atomic E-state index is 10.6. The molecular formula is C13H17NO2. The molecule has 0 bridgehead atoms. The molecule has 1 aromatic carbocycles. The van der Waals surface area contributed by atoms with E-state index in [1.807, 2.05) is 38.1 Å². The molecule has 3 heteroatoms. The maximum Gasteiger partial charge on any atom is 0.332 e. The van der Waals surface area contributed by atoms with Gasteiger partial charge in [0.2, 0.25) is 0 Å². The van der Waals surface area contributed by atoms with Crippen molar-refractivity contribution in [3.05, 3.63) is 47.5 Å². The Morgan fingerprint density at radius 3 is 2.50 bits per heavy atom. The number of carbonyl (C=O) groups is 1. The zero-order chi connectivity index (χ0) is 12.1. The van der Waals surface area contributed by atoms with E-state index in [-0.39, 0.29) is 11.6 Å². The summed E-state index contributed by atoms with van der Waals surface area (Å²) in [5, 5.41) is 11.8. The van der Waals surface area contributed by atoms with Crippen molar-refractivity contribution in [2.75, 3.05) is 6.54 Å². The lowest BCUT2D eigenvalue weighted by Crippen LogP contribution is -2.23. The molecule has 0 aliphatic carbocycles. The summed E-state index contributed by atoms with van der Waals surface area (Å²) in [7, 11) is 0. The Hall–Kier alpha value is -1.61. The molecule has 0 spiro atoms. The summed E-state index contributed by atoms with van der Waals surface area (Å²) in [5.74, 6) is -0.955. The first-order valence-corrected chi connectivity index (χ1v) is 5.21. The maximum atomic E-state index is 10.6. The van der Waals surface area contributed by atoms with Gasteiger partial charge in [0.05, 0.1) is 0 Å². The van der Waals surface area contributed by atoms with E-state index in [0.29, 0.717) is 6.54 Å². The molecule has 1 aromatic rings. The van der Waals surface area contributed by atoms with Gasteiger partial charge < -0.3 is 10.4 Å². The van der Waals surface area contributed by atoms with E-state index in [1.54, 1.807) is 0 Å². The molecule has 16 heavy (non-hydrogen) atoms. The van der Waals surface area contributed by atoms with E-state index in [2.05, 4.69) is 11.9 Å². The highest BCUT2D eigenvalue weighted by molar-refractivity contribution is 5.86. The van der Waals surface area contributed by atoms with Crippen LogP contribution in [0.4, 0.5) is 0 Å². The molecule has 0 fully saturated rings. The van der Waals surface area contributed by atoms with Gasteiger partial charge in [-0.1, -0.05) is 36.4 Å². The van der Waals surface area contributed by atoms with Crippen LogP contribution in [0, 0.1) is 6.92 Å². The Morgan fingerprint density at radius 1 is 1.44 bits per heavy atom. The lowest BCUT2D eigenvalue weighted by atomic mass is 10.1. The minimum absolute atomic E-state index is 0.122. The first-order valence-electron chi connectivity index (χ1n) is 5.21. The Bertz CT molecular complexity index is 381. The SMILES string of the molecule is C=C(CNC(C)c1ccc(C)cc1)C(=O)O. The van der Waals surface area contributed by atoms with Crippen LogP contribution in [-0.2, 0) is 4.79 Å². The van der Waals surface area contributed by atoms with E-state index in [1.165, 1.54) is 5.56 Å². The molecule has 1 atom stereocenters. The summed E-state index contributed by atoms with van der Waals surface area (Å²) < 4.78 is 0. The molecule has 0 aromatic heterocycles. The normalized spacial score (nSPS) is 12.1. The van der Waals surface area contributed by atoms with Crippen LogP contribution in [0.5, 0.6) is 0 Å². The van der Waals surface area contributed by atoms with Crippen molar-refractivity contribution in [3.63, 3.8) is 0 Å². The lowest BCUT2D eigenvalue weighted by Gasteiger charge is -2.14. The third kappa shape index (κ3) is 3.51. The molecule has 1 unspecified atom stereocenters. The van der Waals surface area contributed by atoms with Crippen LogP contribution in [0.15, 0.2) is 36.4 Å². The Labute approximate surface area is 95.8 Å². The van der Waals surface area contributed by atoms with Crippen molar-refractivity contribution in [1.29, 1.82) is 0 Å². The Balaban J connectivity index is 2.52. The molecule has 0 radical (unpaired) electrons. The minimum atomic E-state index is -0.955. The second-order valence-electron chi connectivity index (χ2n) is 3.92. The zero-order valence-electron chi connectivity index (χ0n) is 9.66. The molecule has 0 saturated carbocycles. The van der Waals surface area contributed by atoms with Gasteiger partial charge in [0.25, 0.3) is 0 Å². The van der Waals surface area contributed by atoms with Crippen molar-refractivity contribution in [2.24, 2.45) is 0 Å². The molecule has 86 valence electrons. The Kier molecular flexibility index (Phi) is 4.26. The third-order valence-electron chi connectivity index (χ3n) is 2.50. The highest BCUT2D eigenvalue weighted by Gasteiger charge is 2.07. The number of aryl methyl sites for hydroxylation is 1. The number of aliphatic carboxylic acids is 1. The number of carboxylic acid groups (broad SMARTS) is 1. The number of benzene rings is 1. The summed E-state index contributed by atoms with van der Waals surface area (Å²) in [5.41, 5.74) is 2.54. The van der Waals surface area contributed by atoms with E-state index < -0.39 is 5.97 Å². The van der Waals surface area contributed by atoms with Gasteiger partial charge in [-0.2, -0.15) is 0 Å². The fraction of sp³-hybridized carbons (Fsp3) is 0.308. The van der Waals surface area contributed by atoms with Crippen molar-refractivity contribution >= 4 is 5.97 Å². The zero-order valence-corrected chi connectivity index (χ0v) is 9.66. The number of nitrogens with one attached hydrogen (secondary N) is 1. The fourth-order valence-electron chi connectivity index (χ4n) is 1.32. The smallest absolute Gasteiger partial charge is 0.332 e. The number of hydrogen-bond donors (Lipinski definition) is 2. The molecule has 0 amide bonds. The first kappa shape index (κ1) is 12.5. The van der Waals surface area contributed by atoms with Crippen LogP contribution in [0.3, 0.4) is 0 Å². The molecule has 2 N–H and O–H groups in total. The van der Waals surface area contributed by atoms with Gasteiger partial charge in [0.15, 0.2) is 0 Å². The van der Waals surface area contributed by atoms with Gasteiger partial charge in [0, 0.05) is 18.2 Å². The van der Waals surface area contributed by atoms with Gasteiger partial charge in [-0.25, -0.2) is 4.79 Å². The quantitative estimate of drug-likeness (QED) is 0.747. The highest BCUT2D eigenvalue weighted by Crippen LogP contribution is 2.12. The Morgan fingerprint density at radius 2 is 2.00 bits per heavy atom. The first-order chi connectivity index (χ1) is 7.50. The van der Waals surface area contributed by atoms with Gasteiger partial charge >= 0.3 is 5.97 Å². The summed E-state index contributed by atoms with van der Waals surface area (Å²) in [6.45, 7) is 7.80. The second-order valence-corrected chi connectivity index (χ2v) is 3.92. The molecular weight excluding hydrogens is 202 g/mol. The van der Waals surface area contributed by atoms with Crippen LogP contribution in [-0.4, -0.2) is 17.6 Å². The van der Waals surface area contributed by atoms with Crippen molar-refractivity contribution < 1.29 is 9.90 Å². The van der Waals surface area contributed by atoms with Gasteiger partial charge in [0.1, 0.15) is 0 Å². The molecule has 0 heterocycles. The number of hydrogen-bond acceptors (Lipinski definition) is 2. The van der Waals surface area contributed by atoms with Gasteiger partial charge in [-0.3, -0.25) is 0 Å². The molecule has 0 saturated heterocycles. The predicted molar refractivity (Wildman–Crippen MR) is 64.4 cm³/mol. The number of carboxylic acids is 1. The molecule has 1 rings (SSSR count). The van der Waals surface area contributed by atoms with Gasteiger partial charge in [-0.05, 0) is 19.4 Å². The van der Waals surface area contributed by atoms with Crippen LogP contribution >= 0.6 is 0 Å². The van der Waals surface area contributed by atoms with E-state index in [0.717, 1.165) is 5.56 Å². The predicted octanol–water partition coefficient (Wildman–Crippen LogP) is 2.29. The van der Waals surface area contributed by atoms with Crippen molar-refractivity contribution in [2.45, 2.75) is 19.9 Å². The fourth-order valence-corrected chi connectivity index (χ4v) is 1.32. The van der Waals surface area contributed by atoms with E-state index in [9.17, 15) is 4.79 Å². The minimum Gasteiger partial charge on any atom is -0.478 e. The average molecular weight is 219 g/mol.